The third kappa shape index (κ3) is 2.72. The van der Waals surface area contributed by atoms with E-state index in [1.54, 1.807) is 11.7 Å². The average molecular weight is 319 g/mol. The van der Waals surface area contributed by atoms with Gasteiger partial charge in [-0.15, -0.1) is 0 Å². The number of methoxy groups -OCH3 is 2. The van der Waals surface area contributed by atoms with E-state index in [1.165, 1.54) is 7.11 Å². The lowest BCUT2D eigenvalue weighted by atomic mass is 10.1. The fourth-order valence-electron chi connectivity index (χ4n) is 2.67. The number of carbonyl (C=O) groups is 1. The molecule has 0 atom stereocenters. The summed E-state index contributed by atoms with van der Waals surface area (Å²) in [6.07, 6.45) is 0. The fourth-order valence-corrected chi connectivity index (χ4v) is 2.67. The Morgan fingerprint density at radius 2 is 1.79 bits per heavy atom. The van der Waals surface area contributed by atoms with Crippen LogP contribution in [0.4, 0.5) is 0 Å². The van der Waals surface area contributed by atoms with Gasteiger partial charge in [0.05, 0.1) is 19.8 Å². The van der Waals surface area contributed by atoms with Gasteiger partial charge in [0.25, 0.3) is 0 Å². The van der Waals surface area contributed by atoms with Crippen molar-refractivity contribution < 1.29 is 14.3 Å². The molecule has 0 aliphatic rings. The van der Waals surface area contributed by atoms with Crippen molar-refractivity contribution in [3.63, 3.8) is 0 Å². The number of rotatable bonds is 2. The van der Waals surface area contributed by atoms with Crippen LogP contribution in [-0.4, -0.2) is 24.8 Å². The molecule has 4 nitrogen and oxygen atoms in total. The van der Waals surface area contributed by atoms with Crippen LogP contribution in [0.3, 0.4) is 0 Å². The molecule has 4 heteroatoms. The highest BCUT2D eigenvalue weighted by molar-refractivity contribution is 6.01. The van der Waals surface area contributed by atoms with Crippen molar-refractivity contribution in [2.75, 3.05) is 14.2 Å². The standard InChI is InChI=1S/C20H17NO3/c1-21-18-12-10-15(23-2)13-17(18)16(19(21)20(22)24-3)11-9-14-7-5-4-6-8-14/h4-8,10,12-13H,1-3H3. The summed E-state index contributed by atoms with van der Waals surface area (Å²) in [6, 6.07) is 15.3. The topological polar surface area (TPSA) is 40.5 Å². The molecule has 0 saturated carbocycles. The van der Waals surface area contributed by atoms with Crippen LogP contribution in [0, 0.1) is 11.8 Å². The summed E-state index contributed by atoms with van der Waals surface area (Å²) >= 11 is 0. The highest BCUT2D eigenvalue weighted by Crippen LogP contribution is 2.29. The summed E-state index contributed by atoms with van der Waals surface area (Å²) in [7, 11) is 4.81. The summed E-state index contributed by atoms with van der Waals surface area (Å²) in [5.74, 6) is 6.55. The molecule has 1 heterocycles. The second-order valence-corrected chi connectivity index (χ2v) is 5.27. The number of carbonyl (C=O) groups excluding carboxylic acids is 1. The van der Waals surface area contributed by atoms with Crippen LogP contribution in [0.15, 0.2) is 48.5 Å². The number of hydrogen-bond acceptors (Lipinski definition) is 3. The molecule has 2 aromatic carbocycles. The summed E-state index contributed by atoms with van der Waals surface area (Å²) in [6.45, 7) is 0. The SMILES string of the molecule is COC(=O)c1c(C#Cc2ccccc2)c2cc(OC)ccc2n1C. The molecule has 0 aliphatic heterocycles. The molecule has 0 bridgehead atoms. The quantitative estimate of drug-likeness (QED) is 0.537. The van der Waals surface area contributed by atoms with Gasteiger partial charge in [-0.2, -0.15) is 0 Å². The summed E-state index contributed by atoms with van der Waals surface area (Å²) in [5.41, 5.74) is 2.85. The van der Waals surface area contributed by atoms with Crippen LogP contribution in [0.5, 0.6) is 5.75 Å². The molecule has 3 rings (SSSR count). The second kappa shape index (κ2) is 6.51. The van der Waals surface area contributed by atoms with Gasteiger partial charge in [-0.3, -0.25) is 0 Å². The predicted molar refractivity (Wildman–Crippen MR) is 93.2 cm³/mol. The zero-order chi connectivity index (χ0) is 17.1. The van der Waals surface area contributed by atoms with Crippen molar-refractivity contribution >= 4 is 16.9 Å². The summed E-state index contributed by atoms with van der Waals surface area (Å²) in [5, 5.41) is 0.862. The molecule has 0 spiro atoms. The third-order valence-corrected chi connectivity index (χ3v) is 3.89. The summed E-state index contributed by atoms with van der Waals surface area (Å²) in [4.78, 5) is 12.2. The minimum Gasteiger partial charge on any atom is -0.497 e. The minimum absolute atomic E-state index is 0.412. The van der Waals surface area contributed by atoms with Crippen LogP contribution in [-0.2, 0) is 11.8 Å². The Bertz CT molecular complexity index is 959. The van der Waals surface area contributed by atoms with Crippen molar-refractivity contribution in [2.24, 2.45) is 7.05 Å². The van der Waals surface area contributed by atoms with Gasteiger partial charge in [-0.1, -0.05) is 30.0 Å². The van der Waals surface area contributed by atoms with Crippen molar-refractivity contribution in [3.8, 4) is 17.6 Å². The van der Waals surface area contributed by atoms with E-state index in [4.69, 9.17) is 9.47 Å². The van der Waals surface area contributed by atoms with E-state index < -0.39 is 5.97 Å². The number of hydrogen-bond donors (Lipinski definition) is 0. The highest BCUT2D eigenvalue weighted by Gasteiger charge is 2.21. The molecule has 0 radical (unpaired) electrons. The van der Waals surface area contributed by atoms with Crippen molar-refractivity contribution in [3.05, 3.63) is 65.4 Å². The number of nitrogens with zero attached hydrogens (tertiary/aromatic N) is 1. The molecule has 24 heavy (non-hydrogen) atoms. The number of esters is 1. The Kier molecular flexibility index (Phi) is 4.26. The number of aromatic nitrogens is 1. The Balaban J connectivity index is 2.27. The van der Waals surface area contributed by atoms with Crippen LogP contribution in [0.1, 0.15) is 21.6 Å². The van der Waals surface area contributed by atoms with E-state index in [9.17, 15) is 4.79 Å². The van der Waals surface area contributed by atoms with Gasteiger partial charge in [-0.25, -0.2) is 4.79 Å². The Hall–Kier alpha value is -3.19. The van der Waals surface area contributed by atoms with Crippen LogP contribution < -0.4 is 4.74 Å². The Morgan fingerprint density at radius 3 is 2.46 bits per heavy atom. The van der Waals surface area contributed by atoms with Crippen LogP contribution >= 0.6 is 0 Å². The first-order chi connectivity index (χ1) is 11.7. The smallest absolute Gasteiger partial charge is 0.356 e. The highest BCUT2D eigenvalue weighted by atomic mass is 16.5. The summed E-state index contributed by atoms with van der Waals surface area (Å²) < 4.78 is 12.0. The zero-order valence-corrected chi connectivity index (χ0v) is 13.8. The molecule has 0 N–H and O–H groups in total. The lowest BCUT2D eigenvalue weighted by molar-refractivity contribution is 0.0590. The van der Waals surface area contributed by atoms with Gasteiger partial charge in [0.2, 0.25) is 0 Å². The van der Waals surface area contributed by atoms with E-state index in [1.807, 2.05) is 55.6 Å². The normalized spacial score (nSPS) is 10.1. The average Bonchev–Trinajstić information content (AvgIpc) is 2.91. The zero-order valence-electron chi connectivity index (χ0n) is 13.8. The molecular formula is C20H17NO3. The molecular weight excluding hydrogens is 302 g/mol. The van der Waals surface area contributed by atoms with Crippen LogP contribution in [0.25, 0.3) is 10.9 Å². The first kappa shape index (κ1) is 15.7. The monoisotopic (exact) mass is 319 g/mol. The number of benzene rings is 2. The van der Waals surface area contributed by atoms with Gasteiger partial charge >= 0.3 is 5.97 Å². The molecule has 0 amide bonds. The van der Waals surface area contributed by atoms with Crippen LogP contribution in [0.2, 0.25) is 0 Å². The Labute approximate surface area is 140 Å². The van der Waals surface area contributed by atoms with E-state index in [-0.39, 0.29) is 0 Å². The van der Waals surface area contributed by atoms with Crippen molar-refractivity contribution in [1.82, 2.24) is 4.57 Å². The number of aryl methyl sites for hydroxylation is 1. The second-order valence-electron chi connectivity index (χ2n) is 5.27. The lowest BCUT2D eigenvalue weighted by Gasteiger charge is -2.02. The van der Waals surface area contributed by atoms with Gasteiger partial charge in [-0.05, 0) is 30.3 Å². The van der Waals surface area contributed by atoms with Gasteiger partial charge in [0.15, 0.2) is 0 Å². The third-order valence-electron chi connectivity index (χ3n) is 3.89. The maximum absolute atomic E-state index is 12.2. The van der Waals surface area contributed by atoms with E-state index in [0.29, 0.717) is 17.0 Å². The Morgan fingerprint density at radius 1 is 1.04 bits per heavy atom. The van der Waals surface area contributed by atoms with E-state index >= 15 is 0 Å². The van der Waals surface area contributed by atoms with Gasteiger partial charge in [0.1, 0.15) is 11.4 Å². The van der Waals surface area contributed by atoms with Crippen molar-refractivity contribution in [2.45, 2.75) is 0 Å². The van der Waals surface area contributed by atoms with E-state index in [0.717, 1.165) is 16.5 Å². The molecule has 0 unspecified atom stereocenters. The maximum Gasteiger partial charge on any atom is 0.356 e. The first-order valence-electron chi connectivity index (χ1n) is 7.47. The lowest BCUT2D eigenvalue weighted by Crippen LogP contribution is -2.09. The predicted octanol–water partition coefficient (Wildman–Crippen LogP) is 3.37. The fraction of sp³-hybridized carbons (Fsp3) is 0.150. The largest absolute Gasteiger partial charge is 0.497 e. The molecule has 0 saturated heterocycles. The van der Waals surface area contributed by atoms with Crippen molar-refractivity contribution in [1.29, 1.82) is 0 Å². The van der Waals surface area contributed by atoms with E-state index in [2.05, 4.69) is 11.8 Å². The number of ether oxygens (including phenoxy) is 2. The van der Waals surface area contributed by atoms with Gasteiger partial charge < -0.3 is 14.0 Å². The minimum atomic E-state index is -0.412. The maximum atomic E-state index is 12.2. The molecule has 0 fully saturated rings. The first-order valence-corrected chi connectivity index (χ1v) is 7.47. The molecule has 1 aromatic heterocycles. The number of fused-ring (bicyclic) bond motifs is 1. The van der Waals surface area contributed by atoms with Gasteiger partial charge in [0, 0.05) is 23.5 Å². The molecule has 3 aromatic rings. The molecule has 120 valence electrons. The molecule has 0 aliphatic carbocycles.